The molecule has 2 unspecified atom stereocenters. The lowest BCUT2D eigenvalue weighted by Crippen LogP contribution is -2.49. The van der Waals surface area contributed by atoms with Gasteiger partial charge in [-0.3, -0.25) is 9.59 Å². The summed E-state index contributed by atoms with van der Waals surface area (Å²) in [4.78, 5) is 24.9. The molecule has 0 aromatic carbocycles. The van der Waals surface area contributed by atoms with Crippen LogP contribution in [0.4, 0.5) is 0 Å². The van der Waals surface area contributed by atoms with E-state index in [9.17, 15) is 9.59 Å². The first-order valence-electron chi connectivity index (χ1n) is 6.85. The zero-order valence-electron chi connectivity index (χ0n) is 10.9. The van der Waals surface area contributed by atoms with Crippen LogP contribution in [-0.4, -0.2) is 47.1 Å². The number of hydrogen-bond donors (Lipinski definition) is 2. The molecule has 2 saturated heterocycles. The number of piperidine rings is 1. The highest BCUT2D eigenvalue weighted by atomic mass is 16.4. The highest BCUT2D eigenvalue weighted by Crippen LogP contribution is 2.39. The number of nitrogens with one attached hydrogen (secondary N) is 1. The van der Waals surface area contributed by atoms with E-state index in [2.05, 4.69) is 5.32 Å². The van der Waals surface area contributed by atoms with E-state index >= 15 is 0 Å². The summed E-state index contributed by atoms with van der Waals surface area (Å²) < 4.78 is 0. The molecule has 2 rings (SSSR count). The van der Waals surface area contributed by atoms with E-state index in [-0.39, 0.29) is 30.3 Å². The van der Waals surface area contributed by atoms with Crippen LogP contribution in [0.1, 0.15) is 39.0 Å². The molecule has 2 bridgehead atoms. The number of nitrogens with zero attached hydrogens (tertiary/aromatic N) is 1. The summed E-state index contributed by atoms with van der Waals surface area (Å²) in [5.74, 6) is -0.284. The van der Waals surface area contributed by atoms with Crippen LogP contribution < -0.4 is 5.32 Å². The number of carboxylic acid groups (broad SMARTS) is 1. The van der Waals surface area contributed by atoms with Gasteiger partial charge in [-0.25, -0.2) is 0 Å². The monoisotopic (exact) mass is 254 g/mol. The SMILES string of the molecule is CCNCC(=O)N1C2CCC1CC(CC(=O)O)C2. The van der Waals surface area contributed by atoms with Gasteiger partial charge in [-0.1, -0.05) is 6.92 Å². The summed E-state index contributed by atoms with van der Waals surface area (Å²) >= 11 is 0. The largest absolute Gasteiger partial charge is 0.481 e. The van der Waals surface area contributed by atoms with Crippen molar-refractivity contribution in [1.82, 2.24) is 10.2 Å². The number of fused-ring (bicyclic) bond motifs is 2. The first-order chi connectivity index (χ1) is 8.61. The molecule has 2 atom stereocenters. The standard InChI is InChI=1S/C13H22N2O3/c1-2-14-8-12(16)15-10-3-4-11(15)6-9(5-10)7-13(17)18/h9-11,14H,2-8H2,1H3,(H,17,18). The molecule has 2 N–H and O–H groups in total. The Morgan fingerprint density at radius 2 is 1.89 bits per heavy atom. The lowest BCUT2D eigenvalue weighted by molar-refractivity contribution is -0.139. The zero-order valence-corrected chi connectivity index (χ0v) is 10.9. The second-order valence-electron chi connectivity index (χ2n) is 5.40. The van der Waals surface area contributed by atoms with E-state index in [1.165, 1.54) is 0 Å². The number of rotatable bonds is 5. The first kappa shape index (κ1) is 13.3. The smallest absolute Gasteiger partial charge is 0.303 e. The summed E-state index contributed by atoms with van der Waals surface area (Å²) in [5, 5.41) is 11.9. The fraction of sp³-hybridized carbons (Fsp3) is 0.846. The van der Waals surface area contributed by atoms with Gasteiger partial charge in [0, 0.05) is 18.5 Å². The summed E-state index contributed by atoms with van der Waals surface area (Å²) in [6.07, 6.45) is 4.06. The molecule has 2 fully saturated rings. The number of carbonyl (C=O) groups excluding carboxylic acids is 1. The normalized spacial score (nSPS) is 30.5. The molecule has 0 aliphatic carbocycles. The van der Waals surface area contributed by atoms with Gasteiger partial charge in [0.15, 0.2) is 0 Å². The van der Waals surface area contributed by atoms with E-state index in [0.717, 1.165) is 32.2 Å². The minimum Gasteiger partial charge on any atom is -0.481 e. The molecule has 2 aliphatic rings. The summed E-state index contributed by atoms with van der Waals surface area (Å²) in [6, 6.07) is 0.554. The van der Waals surface area contributed by atoms with Crippen molar-refractivity contribution in [1.29, 1.82) is 0 Å². The van der Waals surface area contributed by atoms with Crippen molar-refractivity contribution in [3.8, 4) is 0 Å². The molecule has 0 aromatic rings. The van der Waals surface area contributed by atoms with Gasteiger partial charge in [-0.15, -0.1) is 0 Å². The van der Waals surface area contributed by atoms with Crippen molar-refractivity contribution in [2.45, 2.75) is 51.1 Å². The molecule has 102 valence electrons. The molecule has 2 heterocycles. The highest BCUT2D eigenvalue weighted by molar-refractivity contribution is 5.79. The quantitative estimate of drug-likeness (QED) is 0.763. The molecule has 5 heteroatoms. The Kier molecular flexibility index (Phi) is 4.22. The van der Waals surface area contributed by atoms with Crippen LogP contribution in [0.2, 0.25) is 0 Å². The highest BCUT2D eigenvalue weighted by Gasteiger charge is 2.43. The molecule has 0 radical (unpaired) electrons. The fourth-order valence-corrected chi connectivity index (χ4v) is 3.43. The minimum atomic E-state index is -0.716. The van der Waals surface area contributed by atoms with Gasteiger partial charge >= 0.3 is 5.97 Å². The third-order valence-corrected chi connectivity index (χ3v) is 4.11. The van der Waals surface area contributed by atoms with Gasteiger partial charge < -0.3 is 15.3 Å². The van der Waals surface area contributed by atoms with Crippen LogP contribution >= 0.6 is 0 Å². The Bertz CT molecular complexity index is 318. The van der Waals surface area contributed by atoms with Gasteiger partial charge in [0.1, 0.15) is 0 Å². The Labute approximate surface area is 108 Å². The maximum atomic E-state index is 12.1. The molecule has 1 amide bonds. The summed E-state index contributed by atoms with van der Waals surface area (Å²) in [6.45, 7) is 3.20. The van der Waals surface area contributed by atoms with E-state index in [4.69, 9.17) is 5.11 Å². The maximum absolute atomic E-state index is 12.1. The molecule has 0 spiro atoms. The average Bonchev–Trinajstić information content (AvgIpc) is 2.57. The second-order valence-corrected chi connectivity index (χ2v) is 5.40. The lowest BCUT2D eigenvalue weighted by Gasteiger charge is -2.38. The molecule has 5 nitrogen and oxygen atoms in total. The molecule has 0 saturated carbocycles. The number of amides is 1. The molecule has 0 aromatic heterocycles. The Hall–Kier alpha value is -1.10. The van der Waals surface area contributed by atoms with Gasteiger partial charge in [0.05, 0.1) is 6.54 Å². The van der Waals surface area contributed by atoms with Crippen LogP contribution in [-0.2, 0) is 9.59 Å². The third-order valence-electron chi connectivity index (χ3n) is 4.11. The Morgan fingerprint density at radius 1 is 1.28 bits per heavy atom. The van der Waals surface area contributed by atoms with Gasteiger partial charge in [-0.05, 0) is 38.1 Å². The number of likely N-dealkylation sites (N-methyl/N-ethyl adjacent to an activating group) is 1. The summed E-state index contributed by atoms with van der Waals surface area (Å²) in [7, 11) is 0. The van der Waals surface area contributed by atoms with Gasteiger partial charge in [0.25, 0.3) is 0 Å². The zero-order chi connectivity index (χ0) is 13.1. The van der Waals surface area contributed by atoms with Crippen LogP contribution in [0.5, 0.6) is 0 Å². The van der Waals surface area contributed by atoms with Crippen molar-refractivity contribution < 1.29 is 14.7 Å². The molecule has 2 aliphatic heterocycles. The molecular formula is C13H22N2O3. The second kappa shape index (κ2) is 5.69. The van der Waals surface area contributed by atoms with Crippen molar-refractivity contribution in [3.63, 3.8) is 0 Å². The number of hydrogen-bond acceptors (Lipinski definition) is 3. The lowest BCUT2D eigenvalue weighted by atomic mass is 9.88. The van der Waals surface area contributed by atoms with Crippen LogP contribution in [0, 0.1) is 5.92 Å². The van der Waals surface area contributed by atoms with Crippen LogP contribution in [0.3, 0.4) is 0 Å². The third kappa shape index (κ3) is 2.83. The van der Waals surface area contributed by atoms with Crippen molar-refractivity contribution >= 4 is 11.9 Å². The first-order valence-corrected chi connectivity index (χ1v) is 6.85. The Balaban J connectivity index is 1.93. The maximum Gasteiger partial charge on any atom is 0.303 e. The predicted molar refractivity (Wildman–Crippen MR) is 67.2 cm³/mol. The Morgan fingerprint density at radius 3 is 2.39 bits per heavy atom. The minimum absolute atomic E-state index is 0.179. The van der Waals surface area contributed by atoms with Gasteiger partial charge in [-0.2, -0.15) is 0 Å². The number of aliphatic carboxylic acids is 1. The van der Waals surface area contributed by atoms with Crippen molar-refractivity contribution in [2.24, 2.45) is 5.92 Å². The van der Waals surface area contributed by atoms with E-state index < -0.39 is 5.97 Å². The number of carbonyl (C=O) groups is 2. The van der Waals surface area contributed by atoms with Gasteiger partial charge in [0.2, 0.25) is 5.91 Å². The van der Waals surface area contributed by atoms with Crippen molar-refractivity contribution in [3.05, 3.63) is 0 Å². The van der Waals surface area contributed by atoms with E-state index in [1.807, 2.05) is 11.8 Å². The van der Waals surface area contributed by atoms with E-state index in [0.29, 0.717) is 6.54 Å². The van der Waals surface area contributed by atoms with Crippen LogP contribution in [0.15, 0.2) is 0 Å². The van der Waals surface area contributed by atoms with E-state index in [1.54, 1.807) is 0 Å². The summed E-state index contributed by atoms with van der Waals surface area (Å²) in [5.41, 5.74) is 0. The van der Waals surface area contributed by atoms with Crippen molar-refractivity contribution in [2.75, 3.05) is 13.1 Å². The van der Waals surface area contributed by atoms with Crippen LogP contribution in [0.25, 0.3) is 0 Å². The topological polar surface area (TPSA) is 69.6 Å². The number of carboxylic acids is 1. The average molecular weight is 254 g/mol. The molecular weight excluding hydrogens is 232 g/mol. The predicted octanol–water partition coefficient (Wildman–Crippen LogP) is 0.840. The molecule has 18 heavy (non-hydrogen) atoms. The fourth-order valence-electron chi connectivity index (χ4n) is 3.43.